The van der Waals surface area contributed by atoms with Gasteiger partial charge in [0.1, 0.15) is 6.10 Å². The maximum absolute atomic E-state index is 11.8. The first kappa shape index (κ1) is 21.1. The van der Waals surface area contributed by atoms with Crippen LogP contribution in [0.25, 0.3) is 0 Å². The second-order valence-electron chi connectivity index (χ2n) is 5.86. The standard InChI is InChI=1S/C17H30N2O4/c1-7-9-14(18-12(5)20)10-15(19-13(6)21)16(8-2)23-17(22)11(3)4/h14-16H,3,7-10H2,1-2,4-6H3,(H,18,20)(H,19,21). The van der Waals surface area contributed by atoms with E-state index in [2.05, 4.69) is 17.2 Å². The SMILES string of the molecule is C=C(C)C(=O)OC(CC)C(CC(CCC)NC(C)=O)NC(C)=O. The summed E-state index contributed by atoms with van der Waals surface area (Å²) in [6, 6.07) is -0.434. The van der Waals surface area contributed by atoms with Crippen LogP contribution in [0.5, 0.6) is 0 Å². The second kappa shape index (κ2) is 10.8. The molecule has 2 amide bonds. The molecule has 0 aromatic carbocycles. The van der Waals surface area contributed by atoms with E-state index in [-0.39, 0.29) is 23.9 Å². The van der Waals surface area contributed by atoms with Crippen molar-refractivity contribution in [2.45, 2.75) is 78.5 Å². The molecule has 0 aliphatic rings. The molecule has 3 unspecified atom stereocenters. The Morgan fingerprint density at radius 1 is 1.04 bits per heavy atom. The predicted molar refractivity (Wildman–Crippen MR) is 89.7 cm³/mol. The molecular formula is C17H30N2O4. The highest BCUT2D eigenvalue weighted by Gasteiger charge is 2.27. The van der Waals surface area contributed by atoms with E-state index in [4.69, 9.17) is 4.74 Å². The van der Waals surface area contributed by atoms with Crippen molar-refractivity contribution in [3.63, 3.8) is 0 Å². The zero-order valence-corrected chi connectivity index (χ0v) is 14.9. The van der Waals surface area contributed by atoms with E-state index in [1.807, 2.05) is 13.8 Å². The van der Waals surface area contributed by atoms with E-state index in [0.29, 0.717) is 18.4 Å². The molecule has 0 rings (SSSR count). The Morgan fingerprint density at radius 2 is 1.61 bits per heavy atom. The Bertz CT molecular complexity index is 434. The third-order valence-corrected chi connectivity index (χ3v) is 3.43. The minimum Gasteiger partial charge on any atom is -0.457 e. The van der Waals surface area contributed by atoms with Crippen molar-refractivity contribution in [3.8, 4) is 0 Å². The quantitative estimate of drug-likeness (QED) is 0.475. The Hall–Kier alpha value is -1.85. The fraction of sp³-hybridized carbons (Fsp3) is 0.706. The Labute approximate surface area is 139 Å². The van der Waals surface area contributed by atoms with Crippen LogP contribution in [-0.4, -0.2) is 36.0 Å². The lowest BCUT2D eigenvalue weighted by atomic mass is 9.97. The van der Waals surface area contributed by atoms with Gasteiger partial charge in [-0.25, -0.2) is 4.79 Å². The molecule has 0 heterocycles. The molecule has 0 fully saturated rings. The van der Waals surface area contributed by atoms with Crippen molar-refractivity contribution >= 4 is 17.8 Å². The molecule has 6 nitrogen and oxygen atoms in total. The molecule has 0 bridgehead atoms. The number of ether oxygens (including phenoxy) is 1. The summed E-state index contributed by atoms with van der Waals surface area (Å²) in [6.07, 6.45) is 2.30. The second-order valence-corrected chi connectivity index (χ2v) is 5.86. The molecular weight excluding hydrogens is 296 g/mol. The van der Waals surface area contributed by atoms with Crippen LogP contribution in [0, 0.1) is 0 Å². The highest BCUT2D eigenvalue weighted by molar-refractivity contribution is 5.87. The number of hydrogen-bond acceptors (Lipinski definition) is 4. The number of carbonyl (C=O) groups excluding carboxylic acids is 3. The monoisotopic (exact) mass is 326 g/mol. The molecule has 132 valence electrons. The van der Waals surface area contributed by atoms with E-state index in [1.165, 1.54) is 13.8 Å². The molecule has 0 spiro atoms. The summed E-state index contributed by atoms with van der Waals surface area (Å²) in [6.45, 7) is 12.0. The largest absolute Gasteiger partial charge is 0.457 e. The molecule has 0 aromatic heterocycles. The van der Waals surface area contributed by atoms with Gasteiger partial charge in [0.25, 0.3) is 0 Å². The zero-order valence-electron chi connectivity index (χ0n) is 14.9. The number of nitrogens with one attached hydrogen (secondary N) is 2. The number of esters is 1. The summed E-state index contributed by atoms with van der Waals surface area (Å²) >= 11 is 0. The topological polar surface area (TPSA) is 84.5 Å². The van der Waals surface area contributed by atoms with Gasteiger partial charge < -0.3 is 15.4 Å². The molecule has 0 aliphatic heterocycles. The minimum atomic E-state index is -0.473. The van der Waals surface area contributed by atoms with Gasteiger partial charge in [-0.05, 0) is 26.2 Å². The summed E-state index contributed by atoms with van der Waals surface area (Å²) in [4.78, 5) is 34.6. The lowest BCUT2D eigenvalue weighted by Crippen LogP contribution is -2.49. The van der Waals surface area contributed by atoms with Gasteiger partial charge in [-0.3, -0.25) is 9.59 Å². The number of rotatable bonds is 10. The maximum Gasteiger partial charge on any atom is 0.333 e. The third kappa shape index (κ3) is 9.01. The highest BCUT2D eigenvalue weighted by Crippen LogP contribution is 2.15. The zero-order chi connectivity index (χ0) is 18.0. The van der Waals surface area contributed by atoms with Crippen LogP contribution in [0.4, 0.5) is 0 Å². The van der Waals surface area contributed by atoms with Crippen molar-refractivity contribution in [2.24, 2.45) is 0 Å². The number of amides is 2. The van der Waals surface area contributed by atoms with E-state index >= 15 is 0 Å². The molecule has 0 saturated carbocycles. The van der Waals surface area contributed by atoms with Gasteiger partial charge in [-0.15, -0.1) is 0 Å². The van der Waals surface area contributed by atoms with Gasteiger partial charge >= 0.3 is 5.97 Å². The van der Waals surface area contributed by atoms with Crippen molar-refractivity contribution in [2.75, 3.05) is 0 Å². The summed E-state index contributed by atoms with van der Waals surface area (Å²) in [7, 11) is 0. The summed E-state index contributed by atoms with van der Waals surface area (Å²) < 4.78 is 5.44. The van der Waals surface area contributed by atoms with E-state index in [0.717, 1.165) is 12.8 Å². The maximum atomic E-state index is 11.8. The van der Waals surface area contributed by atoms with Crippen LogP contribution >= 0.6 is 0 Å². The van der Waals surface area contributed by atoms with Crippen LogP contribution < -0.4 is 10.6 Å². The molecule has 2 N–H and O–H groups in total. The molecule has 23 heavy (non-hydrogen) atoms. The van der Waals surface area contributed by atoms with Crippen LogP contribution in [0.15, 0.2) is 12.2 Å². The number of hydrogen-bond donors (Lipinski definition) is 2. The van der Waals surface area contributed by atoms with Crippen LogP contribution in [0.1, 0.15) is 60.3 Å². The van der Waals surface area contributed by atoms with Crippen molar-refractivity contribution in [1.82, 2.24) is 10.6 Å². The molecule has 0 aromatic rings. The highest BCUT2D eigenvalue weighted by atomic mass is 16.5. The summed E-state index contributed by atoms with van der Waals surface area (Å²) in [5.41, 5.74) is 0.317. The predicted octanol–water partition coefficient (Wildman–Crippen LogP) is 2.08. The van der Waals surface area contributed by atoms with Crippen LogP contribution in [0.2, 0.25) is 0 Å². The molecule has 0 saturated heterocycles. The fourth-order valence-electron chi connectivity index (χ4n) is 2.44. The third-order valence-electron chi connectivity index (χ3n) is 3.43. The average molecular weight is 326 g/mol. The van der Waals surface area contributed by atoms with Crippen molar-refractivity contribution in [1.29, 1.82) is 0 Å². The normalized spacial score (nSPS) is 14.3. The van der Waals surface area contributed by atoms with E-state index < -0.39 is 12.1 Å². The van der Waals surface area contributed by atoms with Gasteiger partial charge in [-0.2, -0.15) is 0 Å². The molecule has 0 aliphatic carbocycles. The van der Waals surface area contributed by atoms with E-state index in [1.54, 1.807) is 6.92 Å². The van der Waals surface area contributed by atoms with Crippen LogP contribution in [-0.2, 0) is 19.1 Å². The molecule has 3 atom stereocenters. The first-order valence-electron chi connectivity index (χ1n) is 8.11. The van der Waals surface area contributed by atoms with Gasteiger partial charge in [0.2, 0.25) is 11.8 Å². The summed E-state index contributed by atoms with van der Waals surface area (Å²) in [5.74, 6) is -0.784. The first-order chi connectivity index (χ1) is 10.7. The van der Waals surface area contributed by atoms with Gasteiger partial charge in [0.05, 0.1) is 6.04 Å². The van der Waals surface area contributed by atoms with Crippen molar-refractivity contribution < 1.29 is 19.1 Å². The van der Waals surface area contributed by atoms with E-state index in [9.17, 15) is 14.4 Å². The average Bonchev–Trinajstić information content (AvgIpc) is 2.42. The minimum absolute atomic E-state index is 0.0769. The summed E-state index contributed by atoms with van der Waals surface area (Å²) in [5, 5.41) is 5.73. The smallest absolute Gasteiger partial charge is 0.333 e. The first-order valence-corrected chi connectivity index (χ1v) is 8.11. The fourth-order valence-corrected chi connectivity index (χ4v) is 2.44. The Balaban J connectivity index is 5.12. The van der Waals surface area contributed by atoms with Crippen molar-refractivity contribution in [3.05, 3.63) is 12.2 Å². The van der Waals surface area contributed by atoms with Crippen LogP contribution in [0.3, 0.4) is 0 Å². The number of carbonyl (C=O) groups is 3. The lowest BCUT2D eigenvalue weighted by Gasteiger charge is -2.30. The Morgan fingerprint density at radius 3 is 2.00 bits per heavy atom. The Kier molecular flexibility index (Phi) is 9.94. The van der Waals surface area contributed by atoms with Gasteiger partial charge in [-0.1, -0.05) is 26.8 Å². The molecule has 6 heteroatoms. The van der Waals surface area contributed by atoms with Gasteiger partial charge in [0.15, 0.2) is 0 Å². The van der Waals surface area contributed by atoms with Gasteiger partial charge in [0, 0.05) is 25.5 Å². The molecule has 0 radical (unpaired) electrons. The lowest BCUT2D eigenvalue weighted by molar-refractivity contribution is -0.147.